The van der Waals surface area contributed by atoms with E-state index in [0.29, 0.717) is 50.4 Å². The SMILES string of the molecule is O=C(NCc1ccc(S(=O)(=O)c2cccc(C(F)(F)F)c2)cc1)c1cnc2[nH]ncc2c1.O=C(NCc1ccc(S(=O)(=O)c2cccc(OC(F)(F)F)c2)cc1)c1cnc2[nH]ncc2c1. The van der Waals surface area contributed by atoms with Gasteiger partial charge in [-0.05, 0) is 83.9 Å². The number of nitrogens with zero attached hydrogens (tertiary/aromatic N) is 4. The Kier molecular flexibility index (Phi) is 12.7. The zero-order valence-electron chi connectivity index (χ0n) is 32.8. The van der Waals surface area contributed by atoms with E-state index in [1.807, 2.05) is 0 Å². The molecule has 8 rings (SSSR count). The summed E-state index contributed by atoms with van der Waals surface area (Å²) in [6, 6.07) is 22.2. The summed E-state index contributed by atoms with van der Waals surface area (Å²) in [4.78, 5) is 31.8. The van der Waals surface area contributed by atoms with Crippen LogP contribution in [-0.2, 0) is 38.9 Å². The number of fused-ring (bicyclic) bond motifs is 2. The van der Waals surface area contributed by atoms with Crippen LogP contribution in [0.1, 0.15) is 37.4 Å². The molecule has 0 fully saturated rings. The average Bonchev–Trinajstić information content (AvgIpc) is 3.97. The summed E-state index contributed by atoms with van der Waals surface area (Å²) < 4.78 is 131. The highest BCUT2D eigenvalue weighted by molar-refractivity contribution is 7.91. The minimum atomic E-state index is -4.94. The van der Waals surface area contributed by atoms with E-state index in [2.05, 4.69) is 45.7 Å². The van der Waals surface area contributed by atoms with Crippen molar-refractivity contribution in [3.63, 3.8) is 0 Å². The van der Waals surface area contributed by atoms with Crippen molar-refractivity contribution in [2.24, 2.45) is 0 Å². The van der Waals surface area contributed by atoms with Gasteiger partial charge in [-0.2, -0.15) is 23.4 Å². The number of sulfone groups is 2. The number of H-pyrrole nitrogens is 2. The van der Waals surface area contributed by atoms with Gasteiger partial charge in [0.05, 0.1) is 48.7 Å². The van der Waals surface area contributed by atoms with Crippen LogP contribution in [0, 0.1) is 0 Å². The highest BCUT2D eigenvalue weighted by atomic mass is 32.2. The number of carbonyl (C=O) groups is 2. The van der Waals surface area contributed by atoms with Crippen molar-refractivity contribution in [1.82, 2.24) is 41.0 Å². The van der Waals surface area contributed by atoms with Crippen LogP contribution in [0.2, 0.25) is 0 Å². The van der Waals surface area contributed by atoms with E-state index in [4.69, 9.17) is 0 Å². The fourth-order valence-electron chi connectivity index (χ4n) is 6.01. The van der Waals surface area contributed by atoms with Crippen molar-refractivity contribution in [3.05, 3.63) is 162 Å². The van der Waals surface area contributed by atoms with Gasteiger partial charge in [0.25, 0.3) is 11.8 Å². The predicted octanol–water partition coefficient (Wildman–Crippen LogP) is 7.36. The van der Waals surface area contributed by atoms with E-state index >= 15 is 0 Å². The number of benzene rings is 4. The number of hydrogen-bond donors (Lipinski definition) is 4. The molecule has 15 nitrogen and oxygen atoms in total. The molecular formula is C42H30F6N8O7S2. The number of hydrogen-bond acceptors (Lipinski definition) is 11. The fraction of sp³-hybridized carbons (Fsp3) is 0.0952. The van der Waals surface area contributed by atoms with Crippen molar-refractivity contribution in [2.45, 2.75) is 45.2 Å². The largest absolute Gasteiger partial charge is 0.573 e. The van der Waals surface area contributed by atoms with Crippen LogP contribution in [0.3, 0.4) is 0 Å². The molecule has 4 N–H and O–H groups in total. The molecule has 0 saturated heterocycles. The first-order valence-electron chi connectivity index (χ1n) is 18.6. The Labute approximate surface area is 363 Å². The molecule has 0 bridgehead atoms. The summed E-state index contributed by atoms with van der Waals surface area (Å²) in [6.07, 6.45) is -3.69. The maximum atomic E-state index is 12.9. The van der Waals surface area contributed by atoms with E-state index in [1.165, 1.54) is 67.0 Å². The van der Waals surface area contributed by atoms with Gasteiger partial charge in [-0.25, -0.2) is 26.8 Å². The Morgan fingerprint density at radius 2 is 1.00 bits per heavy atom. The third-order valence-electron chi connectivity index (χ3n) is 9.30. The van der Waals surface area contributed by atoms with Crippen molar-refractivity contribution in [1.29, 1.82) is 0 Å². The Bertz CT molecular complexity index is 3250. The highest BCUT2D eigenvalue weighted by Crippen LogP contribution is 2.32. The number of alkyl halides is 6. The minimum Gasteiger partial charge on any atom is -0.406 e. The number of nitrogens with one attached hydrogen (secondary N) is 4. The molecule has 0 saturated carbocycles. The molecule has 8 aromatic rings. The maximum Gasteiger partial charge on any atom is 0.573 e. The number of aromatic nitrogens is 6. The van der Waals surface area contributed by atoms with Crippen LogP contribution in [0.25, 0.3) is 22.1 Å². The van der Waals surface area contributed by atoms with E-state index in [-0.39, 0.29) is 39.6 Å². The molecule has 65 heavy (non-hydrogen) atoms. The van der Waals surface area contributed by atoms with Crippen LogP contribution in [0.4, 0.5) is 26.3 Å². The molecule has 2 amide bonds. The standard InChI is InChI=1S/C21H15F3N4O4S.C21H15F3N4O3S/c22-21(23,24)32-16-2-1-3-18(9-16)33(30,31)17-6-4-13(5-7-17)10-26-20(29)15-8-14-12-27-28-19(14)25-11-15;22-21(23,24)16-2-1-3-18(9-16)32(30,31)17-6-4-13(5-7-17)10-26-20(29)15-8-14-12-27-28-19(14)25-11-15/h1-9,11-12H,10H2,(H,26,29)(H,25,27,28);1-9,11-12H,10H2,(H,26,29)(H,25,27,28). The lowest BCUT2D eigenvalue weighted by atomic mass is 10.2. The van der Waals surface area contributed by atoms with Gasteiger partial charge < -0.3 is 15.4 Å². The molecule has 4 heterocycles. The van der Waals surface area contributed by atoms with Crippen molar-refractivity contribution in [2.75, 3.05) is 0 Å². The molecule has 0 aliphatic rings. The molecule has 4 aromatic carbocycles. The predicted molar refractivity (Wildman–Crippen MR) is 218 cm³/mol. The van der Waals surface area contributed by atoms with Gasteiger partial charge in [0, 0.05) is 36.3 Å². The lowest BCUT2D eigenvalue weighted by Gasteiger charge is -2.11. The second kappa shape index (κ2) is 18.2. The van der Waals surface area contributed by atoms with Crippen LogP contribution in [-0.4, -0.2) is 65.4 Å². The topological polar surface area (TPSA) is 219 Å². The van der Waals surface area contributed by atoms with Crippen molar-refractivity contribution in [3.8, 4) is 5.75 Å². The zero-order chi connectivity index (χ0) is 46.6. The third kappa shape index (κ3) is 10.9. The van der Waals surface area contributed by atoms with E-state index in [9.17, 15) is 52.8 Å². The van der Waals surface area contributed by atoms with E-state index in [1.54, 1.807) is 24.5 Å². The molecule has 0 aliphatic carbocycles. The number of ether oxygens (including phenoxy) is 1. The zero-order valence-corrected chi connectivity index (χ0v) is 34.5. The number of aromatic amines is 2. The summed E-state index contributed by atoms with van der Waals surface area (Å²) in [5.41, 5.74) is 1.97. The molecule has 0 unspecified atom stereocenters. The average molecular weight is 937 g/mol. The molecule has 4 aromatic heterocycles. The Morgan fingerprint density at radius 3 is 1.45 bits per heavy atom. The lowest BCUT2D eigenvalue weighted by molar-refractivity contribution is -0.274. The third-order valence-corrected chi connectivity index (χ3v) is 12.8. The number of halogens is 6. The number of rotatable bonds is 11. The van der Waals surface area contributed by atoms with Gasteiger partial charge in [0.2, 0.25) is 19.7 Å². The molecule has 0 radical (unpaired) electrons. The molecule has 0 spiro atoms. The lowest BCUT2D eigenvalue weighted by Crippen LogP contribution is -2.22. The van der Waals surface area contributed by atoms with Gasteiger partial charge in [-0.1, -0.05) is 36.4 Å². The van der Waals surface area contributed by atoms with E-state index < -0.39 is 48.4 Å². The first-order valence-corrected chi connectivity index (χ1v) is 21.6. The summed E-state index contributed by atoms with van der Waals surface area (Å²) in [5.74, 6) is -1.38. The first-order chi connectivity index (χ1) is 30.8. The van der Waals surface area contributed by atoms with Gasteiger partial charge in [0.1, 0.15) is 5.75 Å². The highest BCUT2D eigenvalue weighted by Gasteiger charge is 2.33. The normalized spacial score (nSPS) is 12.0. The Hall–Kier alpha value is -7.66. The quantitative estimate of drug-likeness (QED) is 0.0939. The number of carbonyl (C=O) groups excluding carboxylic acids is 2. The van der Waals surface area contributed by atoms with E-state index in [0.717, 1.165) is 36.4 Å². The van der Waals surface area contributed by atoms with Gasteiger partial charge >= 0.3 is 12.5 Å². The maximum absolute atomic E-state index is 12.9. The van der Waals surface area contributed by atoms with Crippen molar-refractivity contribution >= 4 is 53.6 Å². The van der Waals surface area contributed by atoms with Crippen LogP contribution < -0.4 is 15.4 Å². The fourth-order valence-corrected chi connectivity index (χ4v) is 8.62. The summed E-state index contributed by atoms with van der Waals surface area (Å²) >= 11 is 0. The molecule has 23 heteroatoms. The number of pyridine rings is 2. The molecule has 334 valence electrons. The van der Waals surface area contributed by atoms with Crippen LogP contribution >= 0.6 is 0 Å². The Morgan fingerprint density at radius 1 is 0.554 bits per heavy atom. The minimum absolute atomic E-state index is 0.114. The van der Waals surface area contributed by atoms with Crippen LogP contribution in [0.5, 0.6) is 5.75 Å². The Balaban J connectivity index is 0.000000194. The van der Waals surface area contributed by atoms with Gasteiger partial charge in [-0.3, -0.25) is 19.8 Å². The molecule has 0 aliphatic heterocycles. The smallest absolute Gasteiger partial charge is 0.406 e. The van der Waals surface area contributed by atoms with Crippen molar-refractivity contribution < 1.29 is 57.5 Å². The monoisotopic (exact) mass is 936 g/mol. The molecule has 0 atom stereocenters. The summed E-state index contributed by atoms with van der Waals surface area (Å²) in [6.45, 7) is 0.240. The second-order valence-corrected chi connectivity index (χ2v) is 17.7. The van der Waals surface area contributed by atoms with Crippen LogP contribution in [0.15, 0.2) is 154 Å². The van der Waals surface area contributed by atoms with Gasteiger partial charge in [0.15, 0.2) is 11.3 Å². The number of amides is 2. The second-order valence-electron chi connectivity index (χ2n) is 13.8. The van der Waals surface area contributed by atoms with Gasteiger partial charge in [-0.15, -0.1) is 13.2 Å². The summed E-state index contributed by atoms with van der Waals surface area (Å²) in [7, 11) is -8.21. The molecular weight excluding hydrogens is 907 g/mol. The first kappa shape index (κ1) is 45.4. The summed E-state index contributed by atoms with van der Waals surface area (Å²) in [5, 5.41) is 19.8.